The van der Waals surface area contributed by atoms with Gasteiger partial charge >= 0.3 is 6.36 Å². The SMILES string of the molecule is CCCNC1CCC(Cc2ccc(OC(F)(F)F)cc2)C1. The molecule has 2 atom stereocenters. The Kier molecular flexibility index (Phi) is 5.51. The van der Waals surface area contributed by atoms with Crippen LogP contribution in [-0.2, 0) is 6.42 Å². The quantitative estimate of drug-likeness (QED) is 0.846. The summed E-state index contributed by atoms with van der Waals surface area (Å²) in [5, 5.41) is 3.54. The summed E-state index contributed by atoms with van der Waals surface area (Å²) in [5.41, 5.74) is 1.07. The van der Waals surface area contributed by atoms with E-state index < -0.39 is 6.36 Å². The first-order chi connectivity index (χ1) is 9.96. The first-order valence-corrected chi connectivity index (χ1v) is 7.54. The van der Waals surface area contributed by atoms with Crippen LogP contribution in [0.5, 0.6) is 5.75 Å². The summed E-state index contributed by atoms with van der Waals surface area (Å²) in [7, 11) is 0. The minimum absolute atomic E-state index is 0.153. The molecule has 0 heterocycles. The van der Waals surface area contributed by atoms with Crippen molar-refractivity contribution in [1.82, 2.24) is 5.32 Å². The Bertz CT molecular complexity index is 430. The summed E-state index contributed by atoms with van der Waals surface area (Å²) in [6.07, 6.45) is 0.979. The molecule has 1 aliphatic carbocycles. The summed E-state index contributed by atoms with van der Waals surface area (Å²) in [6.45, 7) is 3.21. The molecule has 2 unspecified atom stereocenters. The Balaban J connectivity index is 1.81. The average molecular weight is 301 g/mol. The molecular weight excluding hydrogens is 279 g/mol. The summed E-state index contributed by atoms with van der Waals surface area (Å²) in [4.78, 5) is 0. The molecule has 1 aliphatic rings. The highest BCUT2D eigenvalue weighted by molar-refractivity contribution is 5.27. The van der Waals surface area contributed by atoms with Crippen molar-refractivity contribution < 1.29 is 17.9 Å². The highest BCUT2D eigenvalue weighted by Gasteiger charge is 2.31. The van der Waals surface area contributed by atoms with Crippen LogP contribution in [0.2, 0.25) is 0 Å². The van der Waals surface area contributed by atoms with E-state index >= 15 is 0 Å². The van der Waals surface area contributed by atoms with Gasteiger partial charge in [-0.25, -0.2) is 0 Å². The second kappa shape index (κ2) is 7.16. The fourth-order valence-corrected chi connectivity index (χ4v) is 2.95. The largest absolute Gasteiger partial charge is 0.573 e. The van der Waals surface area contributed by atoms with Gasteiger partial charge < -0.3 is 10.1 Å². The van der Waals surface area contributed by atoms with E-state index in [1.807, 2.05) is 0 Å². The van der Waals surface area contributed by atoms with Gasteiger partial charge in [0.2, 0.25) is 0 Å². The van der Waals surface area contributed by atoms with E-state index in [0.29, 0.717) is 12.0 Å². The van der Waals surface area contributed by atoms with Crippen LogP contribution in [0.3, 0.4) is 0 Å². The molecule has 1 N–H and O–H groups in total. The Labute approximate surface area is 123 Å². The van der Waals surface area contributed by atoms with Crippen LogP contribution in [0, 0.1) is 5.92 Å². The first kappa shape index (κ1) is 16.1. The van der Waals surface area contributed by atoms with Gasteiger partial charge in [-0.1, -0.05) is 19.1 Å². The highest BCUT2D eigenvalue weighted by atomic mass is 19.4. The average Bonchev–Trinajstić information content (AvgIpc) is 2.85. The smallest absolute Gasteiger partial charge is 0.406 e. The molecule has 1 saturated carbocycles. The molecule has 2 nitrogen and oxygen atoms in total. The van der Waals surface area contributed by atoms with Gasteiger partial charge in [0.25, 0.3) is 0 Å². The third-order valence-corrected chi connectivity index (χ3v) is 3.91. The first-order valence-electron chi connectivity index (χ1n) is 7.54. The van der Waals surface area contributed by atoms with Crippen LogP contribution in [0.4, 0.5) is 13.2 Å². The van der Waals surface area contributed by atoms with Crippen LogP contribution in [0.25, 0.3) is 0 Å². The van der Waals surface area contributed by atoms with Crippen LogP contribution in [0.15, 0.2) is 24.3 Å². The monoisotopic (exact) mass is 301 g/mol. The molecule has 1 fully saturated rings. The second-order valence-corrected chi connectivity index (χ2v) is 5.73. The van der Waals surface area contributed by atoms with Crippen molar-refractivity contribution in [3.05, 3.63) is 29.8 Å². The predicted octanol–water partition coefficient (Wildman–Crippen LogP) is 4.30. The van der Waals surface area contributed by atoms with Gasteiger partial charge in [-0.05, 0) is 62.3 Å². The number of ether oxygens (including phenoxy) is 1. The maximum atomic E-state index is 12.1. The van der Waals surface area contributed by atoms with E-state index in [-0.39, 0.29) is 5.75 Å². The fourth-order valence-electron chi connectivity index (χ4n) is 2.95. The number of hydrogen-bond donors (Lipinski definition) is 1. The van der Waals surface area contributed by atoms with Crippen LogP contribution in [0.1, 0.15) is 38.2 Å². The number of hydrogen-bond acceptors (Lipinski definition) is 2. The summed E-state index contributed by atoms with van der Waals surface area (Å²) >= 11 is 0. The fraction of sp³-hybridized carbons (Fsp3) is 0.625. The summed E-state index contributed by atoms with van der Waals surface area (Å²) < 4.78 is 40.1. The molecule has 0 bridgehead atoms. The molecule has 0 aromatic heterocycles. The van der Waals surface area contributed by atoms with Gasteiger partial charge in [-0.3, -0.25) is 0 Å². The van der Waals surface area contributed by atoms with Crippen LogP contribution < -0.4 is 10.1 Å². The Hall–Kier alpha value is -1.23. The van der Waals surface area contributed by atoms with Gasteiger partial charge in [0.05, 0.1) is 0 Å². The van der Waals surface area contributed by atoms with Gasteiger partial charge in [0, 0.05) is 6.04 Å². The highest BCUT2D eigenvalue weighted by Crippen LogP contribution is 2.30. The zero-order valence-electron chi connectivity index (χ0n) is 12.2. The number of nitrogens with one attached hydrogen (secondary N) is 1. The molecule has 0 radical (unpaired) electrons. The van der Waals surface area contributed by atoms with E-state index in [0.717, 1.165) is 31.4 Å². The zero-order chi connectivity index (χ0) is 15.3. The molecule has 0 spiro atoms. The topological polar surface area (TPSA) is 21.3 Å². The van der Waals surface area contributed by atoms with Crippen molar-refractivity contribution in [2.45, 2.75) is 51.4 Å². The van der Waals surface area contributed by atoms with Crippen molar-refractivity contribution >= 4 is 0 Å². The van der Waals surface area contributed by atoms with Gasteiger partial charge in [0.15, 0.2) is 0 Å². The zero-order valence-corrected chi connectivity index (χ0v) is 12.2. The van der Waals surface area contributed by atoms with E-state index in [9.17, 15) is 13.2 Å². The van der Waals surface area contributed by atoms with Crippen LogP contribution in [-0.4, -0.2) is 18.9 Å². The van der Waals surface area contributed by atoms with Crippen molar-refractivity contribution in [3.63, 3.8) is 0 Å². The Morgan fingerprint density at radius 3 is 2.52 bits per heavy atom. The lowest BCUT2D eigenvalue weighted by atomic mass is 9.98. The molecule has 2 rings (SSSR count). The molecule has 0 saturated heterocycles. The van der Waals surface area contributed by atoms with Crippen molar-refractivity contribution in [2.24, 2.45) is 5.92 Å². The van der Waals surface area contributed by atoms with Gasteiger partial charge in [-0.2, -0.15) is 0 Å². The maximum absolute atomic E-state index is 12.1. The number of benzene rings is 1. The molecule has 1 aromatic rings. The Morgan fingerprint density at radius 2 is 1.90 bits per heavy atom. The minimum atomic E-state index is -4.62. The molecule has 118 valence electrons. The molecule has 0 amide bonds. The standard InChI is InChI=1S/C16H22F3NO/c1-2-9-20-14-6-3-13(11-14)10-12-4-7-15(8-5-12)21-16(17,18)19/h4-5,7-8,13-14,20H,2-3,6,9-11H2,1H3. The third-order valence-electron chi connectivity index (χ3n) is 3.91. The predicted molar refractivity (Wildman–Crippen MR) is 76.3 cm³/mol. The van der Waals surface area contributed by atoms with Crippen molar-refractivity contribution in [1.29, 1.82) is 0 Å². The van der Waals surface area contributed by atoms with Crippen molar-refractivity contribution in [2.75, 3.05) is 6.54 Å². The Morgan fingerprint density at radius 1 is 1.19 bits per heavy atom. The van der Waals surface area contributed by atoms with Crippen LogP contribution >= 0.6 is 0 Å². The van der Waals surface area contributed by atoms with E-state index in [1.54, 1.807) is 12.1 Å². The van der Waals surface area contributed by atoms with Gasteiger partial charge in [-0.15, -0.1) is 13.2 Å². The normalized spacial score (nSPS) is 22.5. The minimum Gasteiger partial charge on any atom is -0.406 e. The lowest BCUT2D eigenvalue weighted by Crippen LogP contribution is -2.27. The molecule has 0 aliphatic heterocycles. The molecule has 1 aromatic carbocycles. The number of alkyl halides is 3. The summed E-state index contributed by atoms with van der Waals surface area (Å²) in [6, 6.07) is 6.85. The summed E-state index contributed by atoms with van der Waals surface area (Å²) in [5.74, 6) is 0.467. The second-order valence-electron chi connectivity index (χ2n) is 5.73. The molecular formula is C16H22F3NO. The molecule has 21 heavy (non-hydrogen) atoms. The lowest BCUT2D eigenvalue weighted by Gasteiger charge is -2.13. The van der Waals surface area contributed by atoms with E-state index in [4.69, 9.17) is 0 Å². The number of halogens is 3. The molecule has 5 heteroatoms. The van der Waals surface area contributed by atoms with E-state index in [2.05, 4.69) is 17.0 Å². The number of rotatable bonds is 6. The van der Waals surface area contributed by atoms with Gasteiger partial charge in [0.1, 0.15) is 5.75 Å². The lowest BCUT2D eigenvalue weighted by molar-refractivity contribution is -0.274. The van der Waals surface area contributed by atoms with Crippen molar-refractivity contribution in [3.8, 4) is 5.75 Å². The maximum Gasteiger partial charge on any atom is 0.573 e. The van der Waals surface area contributed by atoms with E-state index in [1.165, 1.54) is 25.0 Å². The third kappa shape index (κ3) is 5.58.